The van der Waals surface area contributed by atoms with Gasteiger partial charge in [0.05, 0.1) is 11.9 Å². The smallest absolute Gasteiger partial charge is 0.276 e. The van der Waals surface area contributed by atoms with Crippen molar-refractivity contribution in [2.75, 3.05) is 13.1 Å². The molecule has 1 fully saturated rings. The van der Waals surface area contributed by atoms with E-state index in [9.17, 15) is 8.42 Å². The number of rotatable bonds is 2. The van der Waals surface area contributed by atoms with Gasteiger partial charge in [-0.15, -0.1) is 0 Å². The summed E-state index contributed by atoms with van der Waals surface area (Å²) in [5.41, 5.74) is 5.44. The lowest BCUT2D eigenvalue weighted by Crippen LogP contribution is -2.43. The zero-order valence-corrected chi connectivity index (χ0v) is 9.00. The van der Waals surface area contributed by atoms with Crippen LogP contribution in [0.15, 0.2) is 4.99 Å². The van der Waals surface area contributed by atoms with E-state index in [4.69, 9.17) is 10.9 Å². The van der Waals surface area contributed by atoms with E-state index in [1.165, 1.54) is 4.31 Å². The second kappa shape index (κ2) is 4.24. The maximum absolute atomic E-state index is 11.0. The lowest BCUT2D eigenvalue weighted by atomic mass is 10.1. The molecule has 0 aliphatic carbocycles. The summed E-state index contributed by atoms with van der Waals surface area (Å²) in [4.78, 5) is 4.19. The van der Waals surface area contributed by atoms with E-state index in [1.807, 2.05) is 0 Å². The lowest BCUT2D eigenvalue weighted by molar-refractivity contribution is 0.321. The molecule has 14 heavy (non-hydrogen) atoms. The number of nitrogens with two attached hydrogens (primary N) is 2. The summed E-state index contributed by atoms with van der Waals surface area (Å²) >= 11 is 0. The number of hydrogen-bond acceptors (Lipinski definition) is 3. The van der Waals surface area contributed by atoms with Gasteiger partial charge in [0.1, 0.15) is 0 Å². The molecule has 0 aromatic heterocycles. The summed E-state index contributed by atoms with van der Waals surface area (Å²) < 4.78 is 23.2. The Hall–Kier alpha value is -0.660. The number of amidine groups is 1. The van der Waals surface area contributed by atoms with Gasteiger partial charge in [-0.3, -0.25) is 4.99 Å². The van der Waals surface area contributed by atoms with Crippen molar-refractivity contribution in [1.29, 1.82) is 0 Å². The molecule has 6 nitrogen and oxygen atoms in total. The molecule has 0 amide bonds. The normalized spacial score (nSPS) is 22.6. The minimum atomic E-state index is -3.52. The maximum Gasteiger partial charge on any atom is 0.276 e. The van der Waals surface area contributed by atoms with E-state index in [2.05, 4.69) is 4.99 Å². The van der Waals surface area contributed by atoms with Gasteiger partial charge in [0.2, 0.25) is 0 Å². The van der Waals surface area contributed by atoms with Gasteiger partial charge in [-0.1, -0.05) is 0 Å². The summed E-state index contributed by atoms with van der Waals surface area (Å²) in [6.45, 7) is 2.59. The molecule has 0 saturated carbocycles. The van der Waals surface area contributed by atoms with E-state index in [0.717, 1.165) is 0 Å². The Kier molecular flexibility index (Phi) is 3.46. The molecule has 1 rings (SSSR count). The Balaban J connectivity index is 2.51. The predicted molar refractivity (Wildman–Crippen MR) is 55.0 cm³/mol. The van der Waals surface area contributed by atoms with Gasteiger partial charge < -0.3 is 5.73 Å². The summed E-state index contributed by atoms with van der Waals surface area (Å²) in [5.74, 6) is 0.541. The van der Waals surface area contributed by atoms with Crippen molar-refractivity contribution in [2.24, 2.45) is 15.9 Å². The van der Waals surface area contributed by atoms with Crippen molar-refractivity contribution >= 4 is 16.0 Å². The average molecular weight is 220 g/mol. The van der Waals surface area contributed by atoms with E-state index in [1.54, 1.807) is 6.92 Å². The van der Waals surface area contributed by atoms with Gasteiger partial charge in [0.25, 0.3) is 10.2 Å². The first-order chi connectivity index (χ1) is 6.39. The van der Waals surface area contributed by atoms with Crippen LogP contribution in [0.4, 0.5) is 0 Å². The van der Waals surface area contributed by atoms with Gasteiger partial charge in [-0.2, -0.15) is 12.7 Å². The van der Waals surface area contributed by atoms with E-state index >= 15 is 0 Å². The molecule has 82 valence electrons. The number of nitrogens with zero attached hydrogens (tertiary/aromatic N) is 2. The van der Waals surface area contributed by atoms with Crippen molar-refractivity contribution in [1.82, 2.24) is 4.31 Å². The molecule has 1 saturated heterocycles. The van der Waals surface area contributed by atoms with E-state index < -0.39 is 10.2 Å². The molecule has 1 heterocycles. The Morgan fingerprint density at radius 3 is 2.29 bits per heavy atom. The zero-order valence-electron chi connectivity index (χ0n) is 8.18. The molecule has 4 N–H and O–H groups in total. The SMILES string of the molecule is CC(N)=NC1CCN(S(N)(=O)=O)CC1. The molecule has 0 radical (unpaired) electrons. The number of hydrogen-bond donors (Lipinski definition) is 2. The molecule has 0 bridgehead atoms. The highest BCUT2D eigenvalue weighted by Crippen LogP contribution is 2.14. The molecule has 0 aromatic rings. The van der Waals surface area contributed by atoms with Crippen LogP contribution in [0.25, 0.3) is 0 Å². The van der Waals surface area contributed by atoms with Crippen LogP contribution in [0.2, 0.25) is 0 Å². The van der Waals surface area contributed by atoms with Crippen molar-refractivity contribution in [3.05, 3.63) is 0 Å². The quantitative estimate of drug-likeness (QED) is 0.462. The van der Waals surface area contributed by atoms with Crippen molar-refractivity contribution < 1.29 is 8.42 Å². The Morgan fingerprint density at radius 1 is 1.43 bits per heavy atom. The third-order valence-corrected chi connectivity index (χ3v) is 3.25. The van der Waals surface area contributed by atoms with E-state index in [0.29, 0.717) is 31.8 Å². The molecule has 0 aromatic carbocycles. The molecular formula is C7H16N4O2S. The van der Waals surface area contributed by atoms with Crippen LogP contribution in [0.3, 0.4) is 0 Å². The van der Waals surface area contributed by atoms with Crippen LogP contribution in [-0.2, 0) is 10.2 Å². The fraction of sp³-hybridized carbons (Fsp3) is 0.857. The highest BCUT2D eigenvalue weighted by Gasteiger charge is 2.24. The fourth-order valence-electron chi connectivity index (χ4n) is 1.51. The standard InChI is InChI=1S/C7H16N4O2S/c1-6(8)10-7-2-4-11(5-3-7)14(9,12)13/h7H,2-5H2,1H3,(H2,8,10)(H2,9,12,13). The minimum Gasteiger partial charge on any atom is -0.388 e. The van der Waals surface area contributed by atoms with Crippen LogP contribution < -0.4 is 10.9 Å². The minimum absolute atomic E-state index is 0.137. The highest BCUT2D eigenvalue weighted by atomic mass is 32.2. The third kappa shape index (κ3) is 3.24. The first-order valence-electron chi connectivity index (χ1n) is 4.47. The summed E-state index contributed by atoms with van der Waals surface area (Å²) in [5, 5.41) is 4.99. The lowest BCUT2D eigenvalue weighted by Gasteiger charge is -2.27. The summed E-state index contributed by atoms with van der Waals surface area (Å²) in [6, 6.07) is 0.137. The first kappa shape index (κ1) is 11.4. The largest absolute Gasteiger partial charge is 0.388 e. The van der Waals surface area contributed by atoms with Gasteiger partial charge >= 0.3 is 0 Å². The van der Waals surface area contributed by atoms with Gasteiger partial charge in [-0.05, 0) is 19.8 Å². The van der Waals surface area contributed by atoms with Crippen molar-refractivity contribution in [3.63, 3.8) is 0 Å². The van der Waals surface area contributed by atoms with Crippen LogP contribution in [0.1, 0.15) is 19.8 Å². The average Bonchev–Trinajstić information content (AvgIpc) is 2.02. The van der Waals surface area contributed by atoms with Crippen LogP contribution in [0, 0.1) is 0 Å². The van der Waals surface area contributed by atoms with Crippen LogP contribution >= 0.6 is 0 Å². The Morgan fingerprint density at radius 2 is 1.93 bits per heavy atom. The summed E-state index contributed by atoms with van der Waals surface area (Å²) in [6.07, 6.45) is 1.37. The van der Waals surface area contributed by atoms with Gasteiger partial charge in [0, 0.05) is 13.1 Å². The number of aliphatic imine (C=N–C) groups is 1. The predicted octanol–water partition coefficient (Wildman–Crippen LogP) is -0.969. The van der Waals surface area contributed by atoms with Crippen LogP contribution in [0.5, 0.6) is 0 Å². The topological polar surface area (TPSA) is 102 Å². The Labute approximate surface area is 84.2 Å². The molecular weight excluding hydrogens is 204 g/mol. The second-order valence-corrected chi connectivity index (χ2v) is 4.99. The molecule has 1 aliphatic rings. The van der Waals surface area contributed by atoms with Gasteiger partial charge in [-0.25, -0.2) is 5.14 Å². The van der Waals surface area contributed by atoms with Crippen molar-refractivity contribution in [3.8, 4) is 0 Å². The Bertz CT molecular complexity index is 313. The van der Waals surface area contributed by atoms with E-state index in [-0.39, 0.29) is 6.04 Å². The highest BCUT2D eigenvalue weighted by molar-refractivity contribution is 7.86. The van der Waals surface area contributed by atoms with Crippen LogP contribution in [-0.4, -0.2) is 37.7 Å². The maximum atomic E-state index is 11.0. The summed E-state index contributed by atoms with van der Waals surface area (Å²) in [7, 11) is -3.52. The molecule has 0 unspecified atom stereocenters. The second-order valence-electron chi connectivity index (χ2n) is 3.45. The first-order valence-corrected chi connectivity index (χ1v) is 5.97. The van der Waals surface area contributed by atoms with Gasteiger partial charge in [0.15, 0.2) is 0 Å². The monoisotopic (exact) mass is 220 g/mol. The molecule has 7 heteroatoms. The molecule has 0 atom stereocenters. The van der Waals surface area contributed by atoms with Crippen molar-refractivity contribution in [2.45, 2.75) is 25.8 Å². The molecule has 1 aliphatic heterocycles. The third-order valence-electron chi connectivity index (χ3n) is 2.17. The number of piperidine rings is 1. The molecule has 0 spiro atoms. The fourth-order valence-corrected chi connectivity index (χ4v) is 2.23. The zero-order chi connectivity index (χ0) is 10.8.